The van der Waals surface area contributed by atoms with Gasteiger partial charge in [0.1, 0.15) is 18.8 Å². The van der Waals surface area contributed by atoms with E-state index in [2.05, 4.69) is 25.3 Å². The number of carbonyl (C=O) groups excluding carboxylic acids is 2. The van der Waals surface area contributed by atoms with Gasteiger partial charge in [0, 0.05) is 35.5 Å². The number of benzene rings is 2. The molecule has 2 bridgehead atoms. The molecule has 0 spiro atoms. The van der Waals surface area contributed by atoms with Gasteiger partial charge in [-0.3, -0.25) is 9.59 Å². The van der Waals surface area contributed by atoms with Gasteiger partial charge in [-0.2, -0.15) is 0 Å². The van der Waals surface area contributed by atoms with Crippen molar-refractivity contribution in [2.24, 2.45) is 9.98 Å². The zero-order valence-corrected chi connectivity index (χ0v) is 18.2. The van der Waals surface area contributed by atoms with Crippen LogP contribution < -0.4 is 14.8 Å². The molecule has 9 nitrogen and oxygen atoms in total. The molecule has 1 aliphatic heterocycles. The fraction of sp³-hybridized carbons (Fsp3) is 0.130. The number of nitrogens with one attached hydrogen (secondary N) is 1. The number of methoxy groups -OCH3 is 1. The van der Waals surface area contributed by atoms with E-state index in [0.29, 0.717) is 44.5 Å². The SMILES string of the molecule is COc1cc2ncnc3c2cc1OCC=CC(=O)N=CCC(=O)N=Cc1cccc(Cl)c1N3. The lowest BCUT2D eigenvalue weighted by Gasteiger charge is -2.15. The summed E-state index contributed by atoms with van der Waals surface area (Å²) in [6, 6.07) is 8.67. The molecule has 0 atom stereocenters. The van der Waals surface area contributed by atoms with E-state index < -0.39 is 11.8 Å². The summed E-state index contributed by atoms with van der Waals surface area (Å²) in [4.78, 5) is 40.2. The normalized spacial score (nSPS) is 14.4. The first-order valence-corrected chi connectivity index (χ1v) is 10.2. The summed E-state index contributed by atoms with van der Waals surface area (Å²) in [6.45, 7) is 0.0947. The molecule has 0 radical (unpaired) electrons. The summed E-state index contributed by atoms with van der Waals surface area (Å²) < 4.78 is 11.2. The van der Waals surface area contributed by atoms with Gasteiger partial charge in [0.15, 0.2) is 11.5 Å². The van der Waals surface area contributed by atoms with Crippen LogP contribution in [0.2, 0.25) is 5.02 Å². The van der Waals surface area contributed by atoms with E-state index in [1.54, 1.807) is 30.3 Å². The van der Waals surface area contributed by atoms with Crippen LogP contribution in [0.3, 0.4) is 0 Å². The maximum atomic E-state index is 12.1. The molecule has 4 rings (SSSR count). The number of anilines is 2. The van der Waals surface area contributed by atoms with Crippen LogP contribution in [0.5, 0.6) is 11.5 Å². The lowest BCUT2D eigenvalue weighted by Crippen LogP contribution is -2.03. The number of hydrogen-bond donors (Lipinski definition) is 1. The van der Waals surface area contributed by atoms with E-state index in [9.17, 15) is 9.59 Å². The number of ether oxygens (including phenoxy) is 2. The van der Waals surface area contributed by atoms with Gasteiger partial charge in [-0.15, -0.1) is 0 Å². The van der Waals surface area contributed by atoms with Crippen molar-refractivity contribution in [1.82, 2.24) is 9.97 Å². The molecule has 1 N–H and O–H groups in total. The zero-order chi connectivity index (χ0) is 23.2. The Balaban J connectivity index is 1.85. The molecule has 3 aromatic rings. The lowest BCUT2D eigenvalue weighted by atomic mass is 10.1. The minimum Gasteiger partial charge on any atom is -0.493 e. The number of rotatable bonds is 1. The zero-order valence-electron chi connectivity index (χ0n) is 17.5. The summed E-state index contributed by atoms with van der Waals surface area (Å²) >= 11 is 6.44. The summed E-state index contributed by atoms with van der Waals surface area (Å²) in [7, 11) is 1.53. The predicted octanol–water partition coefficient (Wildman–Crippen LogP) is 3.92. The third kappa shape index (κ3) is 5.21. The van der Waals surface area contributed by atoms with Crippen molar-refractivity contribution in [2.75, 3.05) is 19.0 Å². The molecule has 2 amide bonds. The van der Waals surface area contributed by atoms with Crippen LogP contribution in [0.1, 0.15) is 12.0 Å². The number of fused-ring (bicyclic) bond motifs is 2. The first-order chi connectivity index (χ1) is 16.0. The fourth-order valence-corrected chi connectivity index (χ4v) is 3.30. The van der Waals surface area contributed by atoms with E-state index in [-0.39, 0.29) is 13.0 Å². The molecule has 2 aromatic carbocycles. The van der Waals surface area contributed by atoms with Crippen LogP contribution in [0.4, 0.5) is 11.5 Å². The highest BCUT2D eigenvalue weighted by molar-refractivity contribution is 6.34. The van der Waals surface area contributed by atoms with Crippen LogP contribution in [0.15, 0.2) is 58.8 Å². The molecule has 2 heterocycles. The largest absolute Gasteiger partial charge is 0.493 e. The van der Waals surface area contributed by atoms with Crippen LogP contribution in [-0.4, -0.2) is 47.9 Å². The smallest absolute Gasteiger partial charge is 0.269 e. The average Bonchev–Trinajstić information content (AvgIpc) is 2.81. The second-order valence-electron chi connectivity index (χ2n) is 6.79. The molecule has 0 saturated heterocycles. The first-order valence-electron chi connectivity index (χ1n) is 9.86. The van der Waals surface area contributed by atoms with E-state index >= 15 is 0 Å². The van der Waals surface area contributed by atoms with Crippen molar-refractivity contribution in [3.63, 3.8) is 0 Å². The van der Waals surface area contributed by atoms with Gasteiger partial charge in [-0.05, 0) is 18.2 Å². The molecule has 166 valence electrons. The Bertz CT molecular complexity index is 1320. The number of halogens is 1. The second-order valence-corrected chi connectivity index (χ2v) is 7.20. The lowest BCUT2D eigenvalue weighted by molar-refractivity contribution is -0.116. The second kappa shape index (κ2) is 10.0. The predicted molar refractivity (Wildman–Crippen MR) is 126 cm³/mol. The van der Waals surface area contributed by atoms with Gasteiger partial charge in [0.25, 0.3) is 11.8 Å². The van der Waals surface area contributed by atoms with Crippen molar-refractivity contribution >= 4 is 58.3 Å². The minimum absolute atomic E-state index is 0.0947. The van der Waals surface area contributed by atoms with Crippen molar-refractivity contribution < 1.29 is 19.1 Å². The van der Waals surface area contributed by atoms with E-state index in [1.807, 2.05) is 0 Å². The number of amides is 2. The average molecular weight is 464 g/mol. The molecule has 0 aliphatic carbocycles. The molecule has 10 heteroatoms. The van der Waals surface area contributed by atoms with Crippen LogP contribution in [-0.2, 0) is 9.59 Å². The van der Waals surface area contributed by atoms with Crippen molar-refractivity contribution in [3.05, 3.63) is 59.4 Å². The third-order valence-corrected chi connectivity index (χ3v) is 4.95. The van der Waals surface area contributed by atoms with Crippen molar-refractivity contribution in [3.8, 4) is 11.5 Å². The summed E-state index contributed by atoms with van der Waals surface area (Å²) in [6.07, 6.45) is 6.69. The Morgan fingerprint density at radius 1 is 1.15 bits per heavy atom. The number of aliphatic imine (C=N–C) groups is 2. The van der Waals surface area contributed by atoms with E-state index in [0.717, 1.165) is 0 Å². The maximum absolute atomic E-state index is 12.1. The highest BCUT2D eigenvalue weighted by Crippen LogP contribution is 2.36. The van der Waals surface area contributed by atoms with Gasteiger partial charge in [0.05, 0.1) is 29.8 Å². The van der Waals surface area contributed by atoms with Gasteiger partial charge < -0.3 is 14.8 Å². The highest BCUT2D eigenvalue weighted by atomic mass is 35.5. The van der Waals surface area contributed by atoms with Crippen molar-refractivity contribution in [2.45, 2.75) is 6.42 Å². The Kier molecular flexibility index (Phi) is 6.70. The van der Waals surface area contributed by atoms with Gasteiger partial charge in [-0.1, -0.05) is 23.7 Å². The molecule has 1 aromatic heterocycles. The number of hydrogen-bond acceptors (Lipinski definition) is 7. The molecule has 0 fully saturated rings. The molecule has 33 heavy (non-hydrogen) atoms. The summed E-state index contributed by atoms with van der Waals surface area (Å²) in [5, 5.41) is 4.28. The van der Waals surface area contributed by atoms with Gasteiger partial charge in [0.2, 0.25) is 0 Å². The monoisotopic (exact) mass is 463 g/mol. The minimum atomic E-state index is -0.515. The molecular weight excluding hydrogens is 446 g/mol. The number of carbonyl (C=O) groups is 2. The van der Waals surface area contributed by atoms with E-state index in [1.165, 1.54) is 38.0 Å². The molecule has 0 saturated carbocycles. The Morgan fingerprint density at radius 2 is 2.03 bits per heavy atom. The van der Waals surface area contributed by atoms with E-state index in [4.69, 9.17) is 21.1 Å². The quantitative estimate of drug-likeness (QED) is 0.581. The number of para-hydroxylation sites is 1. The number of aromatic nitrogens is 2. The Labute approximate surface area is 193 Å². The molecule has 0 unspecified atom stereocenters. The van der Waals surface area contributed by atoms with Crippen molar-refractivity contribution in [1.29, 1.82) is 0 Å². The highest BCUT2D eigenvalue weighted by Gasteiger charge is 2.14. The fourth-order valence-electron chi connectivity index (χ4n) is 3.07. The van der Waals surface area contributed by atoms with Gasteiger partial charge in [-0.25, -0.2) is 20.0 Å². The topological polar surface area (TPSA) is 115 Å². The summed E-state index contributed by atoms with van der Waals surface area (Å²) in [5.74, 6) is 0.411. The van der Waals surface area contributed by atoms with Crippen LogP contribution in [0, 0.1) is 0 Å². The molecule has 1 aliphatic rings. The standard InChI is InChI=1S/C23H18ClN5O4/c1-32-18-11-17-15-10-19(18)33-9-3-6-20(30)25-8-7-21(31)26-12-14-4-2-5-16(24)22(14)29-23(15)28-13-27-17/h2-6,8,10-13H,7,9H2,1H3,(H,27,28,29). The summed E-state index contributed by atoms with van der Waals surface area (Å²) in [5.41, 5.74) is 1.70. The maximum Gasteiger partial charge on any atom is 0.269 e. The van der Waals surface area contributed by atoms with Crippen LogP contribution in [0.25, 0.3) is 10.9 Å². The van der Waals surface area contributed by atoms with Gasteiger partial charge >= 0.3 is 0 Å². The Hall–Kier alpha value is -4.11. The van der Waals surface area contributed by atoms with Crippen LogP contribution >= 0.6 is 11.6 Å². The molecular formula is C23H18ClN5O4. The third-order valence-electron chi connectivity index (χ3n) is 4.64. The Morgan fingerprint density at radius 3 is 2.88 bits per heavy atom. The first kappa shape index (κ1) is 22.1. The number of nitrogens with zero attached hydrogens (tertiary/aromatic N) is 4.